The zero-order chi connectivity index (χ0) is 19.9. The number of ether oxygens (including phenoxy) is 3. The molecule has 0 bridgehead atoms. The molecule has 5 heteroatoms. The lowest BCUT2D eigenvalue weighted by molar-refractivity contribution is -0.140. The Hall–Kier alpha value is -2.56. The number of hydrogen-bond acceptors (Lipinski definition) is 5. The van der Waals surface area contributed by atoms with Crippen molar-refractivity contribution >= 4 is 18.0 Å². The van der Waals surface area contributed by atoms with E-state index in [4.69, 9.17) is 9.47 Å². The van der Waals surface area contributed by atoms with E-state index in [9.17, 15) is 9.59 Å². The highest BCUT2D eigenvalue weighted by Crippen LogP contribution is 2.14. The van der Waals surface area contributed by atoms with E-state index >= 15 is 0 Å². The SMILES string of the molecule is C=C(C)C(=O)OCCCCCCOc1ccc(C=CCCC(=O)OC)cc1. The highest BCUT2D eigenvalue weighted by molar-refractivity contribution is 5.86. The van der Waals surface area contributed by atoms with Gasteiger partial charge in [-0.1, -0.05) is 30.9 Å². The van der Waals surface area contributed by atoms with Crippen molar-refractivity contribution in [2.75, 3.05) is 20.3 Å². The molecule has 1 rings (SSSR count). The molecule has 0 N–H and O–H groups in total. The monoisotopic (exact) mass is 374 g/mol. The molecule has 0 atom stereocenters. The van der Waals surface area contributed by atoms with Crippen molar-refractivity contribution < 1.29 is 23.8 Å². The Balaban J connectivity index is 2.10. The van der Waals surface area contributed by atoms with Crippen molar-refractivity contribution in [3.8, 4) is 5.75 Å². The van der Waals surface area contributed by atoms with Crippen molar-refractivity contribution in [1.29, 1.82) is 0 Å². The molecular formula is C22H30O5. The number of carbonyl (C=O) groups excluding carboxylic acids is 2. The molecule has 0 fully saturated rings. The lowest BCUT2D eigenvalue weighted by atomic mass is 10.2. The fourth-order valence-electron chi connectivity index (χ4n) is 2.23. The van der Waals surface area contributed by atoms with Crippen LogP contribution in [0.25, 0.3) is 6.08 Å². The van der Waals surface area contributed by atoms with Crippen LogP contribution in [-0.4, -0.2) is 32.3 Å². The largest absolute Gasteiger partial charge is 0.494 e. The van der Waals surface area contributed by atoms with E-state index in [1.54, 1.807) is 6.92 Å². The number of methoxy groups -OCH3 is 1. The molecule has 0 saturated carbocycles. The maximum atomic E-state index is 11.2. The topological polar surface area (TPSA) is 61.8 Å². The second-order valence-corrected chi connectivity index (χ2v) is 6.27. The predicted octanol–water partition coefficient (Wildman–Crippen LogP) is 4.71. The fraction of sp³-hybridized carbons (Fsp3) is 0.455. The first-order valence-electron chi connectivity index (χ1n) is 9.31. The van der Waals surface area contributed by atoms with Crippen LogP contribution >= 0.6 is 0 Å². The van der Waals surface area contributed by atoms with Gasteiger partial charge in [0.2, 0.25) is 0 Å². The molecule has 1 aromatic rings. The molecule has 148 valence electrons. The van der Waals surface area contributed by atoms with E-state index in [1.165, 1.54) is 7.11 Å². The number of rotatable bonds is 13. The van der Waals surface area contributed by atoms with Gasteiger partial charge in [0.05, 0.1) is 20.3 Å². The van der Waals surface area contributed by atoms with Crippen molar-refractivity contribution in [3.05, 3.63) is 48.1 Å². The van der Waals surface area contributed by atoms with Crippen molar-refractivity contribution in [2.24, 2.45) is 0 Å². The van der Waals surface area contributed by atoms with E-state index in [-0.39, 0.29) is 11.9 Å². The Morgan fingerprint density at radius 1 is 1.04 bits per heavy atom. The number of benzene rings is 1. The highest BCUT2D eigenvalue weighted by Gasteiger charge is 2.02. The Morgan fingerprint density at radius 3 is 2.33 bits per heavy atom. The molecule has 0 aliphatic carbocycles. The molecule has 0 radical (unpaired) electrons. The molecule has 0 aliphatic rings. The molecule has 0 spiro atoms. The van der Waals surface area contributed by atoms with Crippen LogP contribution in [0, 0.1) is 0 Å². The molecule has 27 heavy (non-hydrogen) atoms. The molecular weight excluding hydrogens is 344 g/mol. The Morgan fingerprint density at radius 2 is 1.70 bits per heavy atom. The zero-order valence-corrected chi connectivity index (χ0v) is 16.4. The number of esters is 2. The summed E-state index contributed by atoms with van der Waals surface area (Å²) in [5, 5.41) is 0. The van der Waals surface area contributed by atoms with Crippen molar-refractivity contribution in [2.45, 2.75) is 45.4 Å². The van der Waals surface area contributed by atoms with E-state index in [2.05, 4.69) is 11.3 Å². The van der Waals surface area contributed by atoms with E-state index in [0.717, 1.165) is 37.0 Å². The summed E-state index contributed by atoms with van der Waals surface area (Å²) in [6.07, 6.45) is 8.85. The summed E-state index contributed by atoms with van der Waals surface area (Å²) in [6.45, 7) is 6.30. The summed E-state index contributed by atoms with van der Waals surface area (Å²) in [4.78, 5) is 22.2. The lowest BCUT2D eigenvalue weighted by Gasteiger charge is -2.07. The van der Waals surface area contributed by atoms with E-state index < -0.39 is 0 Å². The summed E-state index contributed by atoms with van der Waals surface area (Å²) >= 11 is 0. The molecule has 0 aliphatic heterocycles. The predicted molar refractivity (Wildman–Crippen MR) is 106 cm³/mol. The third kappa shape index (κ3) is 10.9. The third-order valence-corrected chi connectivity index (χ3v) is 3.82. The second-order valence-electron chi connectivity index (χ2n) is 6.27. The minimum atomic E-state index is -0.319. The lowest BCUT2D eigenvalue weighted by Crippen LogP contribution is -2.06. The summed E-state index contributed by atoms with van der Waals surface area (Å²) in [5.41, 5.74) is 1.50. The molecule has 0 heterocycles. The quantitative estimate of drug-likeness (QED) is 0.284. The summed E-state index contributed by atoms with van der Waals surface area (Å²) in [6, 6.07) is 7.86. The van der Waals surface area contributed by atoms with Crippen LogP contribution in [0.4, 0.5) is 0 Å². The molecule has 0 saturated heterocycles. The Kier molecular flexibility index (Phi) is 11.3. The smallest absolute Gasteiger partial charge is 0.333 e. The van der Waals surface area contributed by atoms with Gasteiger partial charge in [-0.3, -0.25) is 4.79 Å². The average molecular weight is 374 g/mol. The maximum absolute atomic E-state index is 11.2. The van der Waals surface area contributed by atoms with E-state index in [1.807, 2.05) is 36.4 Å². The molecule has 5 nitrogen and oxygen atoms in total. The standard InChI is InChI=1S/C22H30O5/c1-18(2)22(24)27-17-9-5-4-8-16-26-20-14-12-19(13-15-20)10-6-7-11-21(23)25-3/h6,10,12-15H,1,4-5,7-9,11,16-17H2,2-3H3. The first kappa shape index (κ1) is 22.5. The summed E-state index contributed by atoms with van der Waals surface area (Å²) in [7, 11) is 1.40. The molecule has 0 aromatic heterocycles. The van der Waals surface area contributed by atoms with Crippen molar-refractivity contribution in [3.63, 3.8) is 0 Å². The van der Waals surface area contributed by atoms with Crippen LogP contribution in [0.1, 0.15) is 51.0 Å². The van der Waals surface area contributed by atoms with Gasteiger partial charge in [0.15, 0.2) is 0 Å². The zero-order valence-electron chi connectivity index (χ0n) is 16.4. The molecule has 0 amide bonds. The van der Waals surface area contributed by atoms with Crippen LogP contribution in [0.3, 0.4) is 0 Å². The van der Waals surface area contributed by atoms with Gasteiger partial charge < -0.3 is 14.2 Å². The third-order valence-electron chi connectivity index (χ3n) is 3.82. The van der Waals surface area contributed by atoms with Gasteiger partial charge in [-0.25, -0.2) is 4.79 Å². The van der Waals surface area contributed by atoms with Gasteiger partial charge in [-0.05, 0) is 56.7 Å². The Bertz CT molecular complexity index is 616. The molecule has 0 unspecified atom stereocenters. The second kappa shape index (κ2) is 13.6. The fourth-order valence-corrected chi connectivity index (χ4v) is 2.23. The molecule has 1 aromatic carbocycles. The normalized spacial score (nSPS) is 10.6. The Labute approximate surface area is 162 Å². The van der Waals surface area contributed by atoms with Crippen LogP contribution in [0.2, 0.25) is 0 Å². The van der Waals surface area contributed by atoms with Crippen LogP contribution in [-0.2, 0) is 19.1 Å². The van der Waals surface area contributed by atoms with E-state index in [0.29, 0.717) is 31.6 Å². The first-order valence-corrected chi connectivity index (χ1v) is 9.31. The van der Waals surface area contributed by atoms with Crippen LogP contribution in [0.5, 0.6) is 5.75 Å². The van der Waals surface area contributed by atoms with Gasteiger partial charge >= 0.3 is 11.9 Å². The van der Waals surface area contributed by atoms with Gasteiger partial charge in [0.25, 0.3) is 0 Å². The first-order chi connectivity index (χ1) is 13.0. The highest BCUT2D eigenvalue weighted by atomic mass is 16.5. The average Bonchev–Trinajstić information content (AvgIpc) is 2.67. The van der Waals surface area contributed by atoms with Gasteiger partial charge in [-0.2, -0.15) is 0 Å². The van der Waals surface area contributed by atoms with Crippen molar-refractivity contribution in [1.82, 2.24) is 0 Å². The minimum absolute atomic E-state index is 0.198. The maximum Gasteiger partial charge on any atom is 0.333 e. The number of hydrogen-bond donors (Lipinski definition) is 0. The van der Waals surface area contributed by atoms with Crippen LogP contribution in [0.15, 0.2) is 42.5 Å². The number of allylic oxidation sites excluding steroid dienone is 1. The van der Waals surface area contributed by atoms with Gasteiger partial charge in [0, 0.05) is 12.0 Å². The van der Waals surface area contributed by atoms with Gasteiger partial charge in [0.1, 0.15) is 5.75 Å². The summed E-state index contributed by atoms with van der Waals surface area (Å²) < 4.78 is 15.4. The number of unbranched alkanes of at least 4 members (excludes halogenated alkanes) is 3. The minimum Gasteiger partial charge on any atom is -0.494 e. The number of carbonyl (C=O) groups is 2. The summed E-state index contributed by atoms with van der Waals surface area (Å²) in [5.74, 6) is 0.327. The van der Waals surface area contributed by atoms with Gasteiger partial charge in [-0.15, -0.1) is 0 Å². The van der Waals surface area contributed by atoms with Crippen LogP contribution < -0.4 is 4.74 Å².